The maximum absolute atomic E-state index is 10.3. The van der Waals surface area contributed by atoms with Crippen molar-refractivity contribution in [3.8, 4) is 5.75 Å². The number of hydrogen-bond donors (Lipinski definition) is 4. The molecular weight excluding hydrogens is 390 g/mol. The number of nitrogens with zero attached hydrogens (tertiary/aromatic N) is 1. The van der Waals surface area contributed by atoms with Crippen LogP contribution in [0.5, 0.6) is 5.75 Å². The van der Waals surface area contributed by atoms with Crippen molar-refractivity contribution in [3.63, 3.8) is 0 Å². The summed E-state index contributed by atoms with van der Waals surface area (Å²) in [6, 6.07) is 5.56. The van der Waals surface area contributed by atoms with Gasteiger partial charge in [0, 0.05) is 45.7 Å². The number of aromatic hydroxyl groups is 1. The molecule has 162 valence electrons. The van der Waals surface area contributed by atoms with Gasteiger partial charge in [-0.1, -0.05) is 46.8 Å². The number of benzene rings is 1. The van der Waals surface area contributed by atoms with Gasteiger partial charge in [0.05, 0.1) is 12.6 Å². The molecule has 0 saturated carbocycles. The Kier molecular flexibility index (Phi) is 18.4. The summed E-state index contributed by atoms with van der Waals surface area (Å²) in [7, 11) is 0. The molecule has 0 heterocycles. The maximum atomic E-state index is 10.3. The second-order valence-corrected chi connectivity index (χ2v) is 8.45. The maximum Gasteiger partial charge on any atom is 0.128 e. The quantitative estimate of drug-likeness (QED) is 0.430. The molecule has 6 heteroatoms. The van der Waals surface area contributed by atoms with Gasteiger partial charge in [-0.2, -0.15) is 0 Å². The first-order valence-corrected chi connectivity index (χ1v) is 9.56. The zero-order valence-corrected chi connectivity index (χ0v) is 20.6. The number of phenolic OH excluding ortho intramolecular Hbond substituents is 1. The Morgan fingerprint density at radius 1 is 0.964 bits per heavy atom. The summed E-state index contributed by atoms with van der Waals surface area (Å²) in [4.78, 5) is 4.36. The van der Waals surface area contributed by atoms with Crippen LogP contribution in [0.3, 0.4) is 0 Å². The molecule has 1 atom stereocenters. The summed E-state index contributed by atoms with van der Waals surface area (Å²) < 4.78 is 0. The van der Waals surface area contributed by atoms with Gasteiger partial charge < -0.3 is 20.4 Å². The Bertz CT molecular complexity index is 526. The standard InChI is InChI=1S/C16H25NO2.2C3H8O.Ti/c1-11(2)14(10-18)17-9-12-7-6-8-13(15(12)19)16(3,4)5;2*1-3(2)4;/h6-9,11,14,18-19H,10H2,1-5H3;2*3-4H,1-2H3;/t14-;;;/m1.../s1. The van der Waals surface area contributed by atoms with Gasteiger partial charge in [-0.05, 0) is 50.7 Å². The van der Waals surface area contributed by atoms with Gasteiger partial charge in [-0.25, -0.2) is 0 Å². The van der Waals surface area contributed by atoms with Crippen molar-refractivity contribution in [3.05, 3.63) is 29.3 Å². The van der Waals surface area contributed by atoms with Crippen LogP contribution >= 0.6 is 0 Å². The molecule has 0 spiro atoms. The van der Waals surface area contributed by atoms with Crippen LogP contribution in [0, 0.1) is 5.92 Å². The van der Waals surface area contributed by atoms with Crippen LogP contribution in [-0.4, -0.2) is 51.5 Å². The molecule has 0 amide bonds. The van der Waals surface area contributed by atoms with E-state index in [0.29, 0.717) is 5.56 Å². The molecule has 0 aromatic heterocycles. The molecule has 0 radical (unpaired) electrons. The molecule has 1 rings (SSSR count). The summed E-state index contributed by atoms with van der Waals surface area (Å²) in [5, 5.41) is 35.7. The van der Waals surface area contributed by atoms with Gasteiger partial charge in [0.1, 0.15) is 5.75 Å². The Labute approximate surface area is 186 Å². The normalized spacial score (nSPS) is 12.2. The van der Waals surface area contributed by atoms with E-state index in [1.807, 2.05) is 32.0 Å². The van der Waals surface area contributed by atoms with Crippen molar-refractivity contribution in [2.45, 2.75) is 86.0 Å². The minimum Gasteiger partial charge on any atom is -0.507 e. The van der Waals surface area contributed by atoms with Crippen molar-refractivity contribution in [1.82, 2.24) is 0 Å². The van der Waals surface area contributed by atoms with Crippen molar-refractivity contribution >= 4 is 6.21 Å². The van der Waals surface area contributed by atoms with Crippen LogP contribution in [-0.2, 0) is 27.1 Å². The SMILES string of the molecule is CC(C)O.CC(C)O.CC(C)[C@@H](CO)N=Cc1cccc(C(C)(C)C)c1O.[Ti]. The molecule has 0 unspecified atom stereocenters. The molecule has 4 N–H and O–H groups in total. The first-order chi connectivity index (χ1) is 12.2. The number of aliphatic hydroxyl groups excluding tert-OH is 3. The zero-order valence-electron chi connectivity index (χ0n) is 19.1. The third kappa shape index (κ3) is 16.3. The summed E-state index contributed by atoms with van der Waals surface area (Å²) in [6.07, 6.45) is 1.32. The van der Waals surface area contributed by atoms with Crippen LogP contribution in [0.4, 0.5) is 0 Å². The van der Waals surface area contributed by atoms with Gasteiger partial charge in [0.15, 0.2) is 0 Å². The smallest absolute Gasteiger partial charge is 0.128 e. The Hall–Kier alpha value is -0.716. The number of aliphatic imine (C=N–C) groups is 1. The Balaban J connectivity index is -0.000000590. The number of phenols is 1. The fourth-order valence-corrected chi connectivity index (χ4v) is 1.88. The molecule has 0 aliphatic heterocycles. The summed E-state index contributed by atoms with van der Waals surface area (Å²) in [6.45, 7) is 17.1. The van der Waals surface area contributed by atoms with E-state index in [4.69, 9.17) is 10.2 Å². The molecule has 0 fully saturated rings. The van der Waals surface area contributed by atoms with E-state index in [2.05, 4.69) is 25.8 Å². The van der Waals surface area contributed by atoms with Gasteiger partial charge in [0.2, 0.25) is 0 Å². The van der Waals surface area contributed by atoms with E-state index < -0.39 is 0 Å². The molecule has 0 bridgehead atoms. The monoisotopic (exact) mass is 431 g/mol. The van der Waals surface area contributed by atoms with E-state index in [0.717, 1.165) is 5.56 Å². The molecule has 28 heavy (non-hydrogen) atoms. The van der Waals surface area contributed by atoms with E-state index in [1.165, 1.54) is 0 Å². The molecule has 0 aliphatic carbocycles. The largest absolute Gasteiger partial charge is 0.507 e. The predicted octanol–water partition coefficient (Wildman–Crippen LogP) is 3.90. The zero-order chi connectivity index (χ0) is 21.8. The first-order valence-electron chi connectivity index (χ1n) is 9.56. The summed E-state index contributed by atoms with van der Waals surface area (Å²) in [5.41, 5.74) is 1.50. The van der Waals surface area contributed by atoms with Crippen molar-refractivity contribution < 1.29 is 42.1 Å². The molecule has 1 aromatic carbocycles. The Morgan fingerprint density at radius 2 is 1.39 bits per heavy atom. The van der Waals surface area contributed by atoms with Gasteiger partial charge >= 0.3 is 0 Å². The van der Waals surface area contributed by atoms with Gasteiger partial charge in [-0.15, -0.1) is 0 Å². The van der Waals surface area contributed by atoms with Crippen LogP contribution < -0.4 is 0 Å². The van der Waals surface area contributed by atoms with Crippen molar-refractivity contribution in [1.29, 1.82) is 0 Å². The molecular formula is C22H41NO4Ti. The van der Waals surface area contributed by atoms with Crippen molar-refractivity contribution in [2.24, 2.45) is 10.9 Å². The van der Waals surface area contributed by atoms with E-state index in [-0.39, 0.29) is 63.7 Å². The average molecular weight is 431 g/mol. The first kappa shape index (κ1) is 32.0. The Morgan fingerprint density at radius 3 is 1.71 bits per heavy atom. The van der Waals surface area contributed by atoms with Crippen LogP contribution in [0.25, 0.3) is 0 Å². The minimum atomic E-state index is -0.167. The third-order valence-corrected chi connectivity index (χ3v) is 3.24. The van der Waals surface area contributed by atoms with E-state index in [1.54, 1.807) is 33.9 Å². The second kappa shape index (κ2) is 16.1. The van der Waals surface area contributed by atoms with Crippen LogP contribution in [0.1, 0.15) is 73.4 Å². The number of hydrogen-bond acceptors (Lipinski definition) is 5. The van der Waals surface area contributed by atoms with Gasteiger partial charge in [-0.3, -0.25) is 4.99 Å². The van der Waals surface area contributed by atoms with E-state index >= 15 is 0 Å². The fraction of sp³-hybridized carbons (Fsp3) is 0.682. The molecule has 5 nitrogen and oxygen atoms in total. The van der Waals surface area contributed by atoms with Crippen LogP contribution in [0.15, 0.2) is 23.2 Å². The number of para-hydroxylation sites is 1. The molecule has 0 aliphatic rings. The summed E-state index contributed by atoms with van der Waals surface area (Å²) in [5.74, 6) is 0.549. The second-order valence-electron chi connectivity index (χ2n) is 8.45. The number of aliphatic hydroxyl groups is 3. The van der Waals surface area contributed by atoms with Crippen LogP contribution in [0.2, 0.25) is 0 Å². The summed E-state index contributed by atoms with van der Waals surface area (Å²) >= 11 is 0. The van der Waals surface area contributed by atoms with E-state index in [9.17, 15) is 10.2 Å². The topological polar surface area (TPSA) is 93.3 Å². The molecule has 0 saturated heterocycles. The fourth-order valence-electron chi connectivity index (χ4n) is 1.88. The molecule has 1 aromatic rings. The van der Waals surface area contributed by atoms with Crippen molar-refractivity contribution in [2.75, 3.05) is 6.61 Å². The predicted molar refractivity (Wildman–Crippen MR) is 115 cm³/mol. The average Bonchev–Trinajstić information content (AvgIpc) is 2.46. The minimum absolute atomic E-state index is 0. The van der Waals surface area contributed by atoms with Gasteiger partial charge in [0.25, 0.3) is 0 Å². The third-order valence-electron chi connectivity index (χ3n) is 3.24. The number of rotatable bonds is 4.